The van der Waals surface area contributed by atoms with Crippen LogP contribution in [0.4, 0.5) is 0 Å². The van der Waals surface area contributed by atoms with E-state index in [1.165, 1.54) is 0 Å². The number of ether oxygens (including phenoxy) is 1. The Hall–Kier alpha value is 0.270. The molecule has 0 saturated carbocycles. The molecule has 0 aliphatic carbocycles. The maximum absolute atomic E-state index is 5.31. The van der Waals surface area contributed by atoms with Gasteiger partial charge in [0.1, 0.15) is 0 Å². The van der Waals surface area contributed by atoms with Crippen LogP contribution in [0.15, 0.2) is 0 Å². The van der Waals surface area contributed by atoms with E-state index in [4.69, 9.17) is 10.5 Å². The topological polar surface area (TPSA) is 35.2 Å². The van der Waals surface area contributed by atoms with Gasteiger partial charge in [0, 0.05) is 24.7 Å². The predicted octanol–water partition coefficient (Wildman–Crippen LogP) is 0.713. The van der Waals surface area contributed by atoms with Crippen LogP contribution in [0.3, 0.4) is 0 Å². The lowest BCUT2D eigenvalue weighted by Gasteiger charge is -2.07. The Labute approximate surface area is 61.1 Å². The van der Waals surface area contributed by atoms with Crippen molar-refractivity contribution >= 4 is 11.8 Å². The molecule has 0 aromatic carbocycles. The van der Waals surface area contributed by atoms with Crippen LogP contribution in [0.2, 0.25) is 0 Å². The fraction of sp³-hybridized carbons (Fsp3) is 1.00. The van der Waals surface area contributed by atoms with Gasteiger partial charge in [0.15, 0.2) is 0 Å². The first kappa shape index (κ1) is 9.27. The van der Waals surface area contributed by atoms with Crippen LogP contribution < -0.4 is 5.73 Å². The number of nitrogens with two attached hydrogens (primary N) is 1. The Bertz CT molecular complexity index is 61.0. The molecular formula is C6H15NOS. The number of thioether (sulfide) groups is 1. The zero-order chi connectivity index (χ0) is 7.11. The van der Waals surface area contributed by atoms with Gasteiger partial charge >= 0.3 is 0 Å². The lowest BCUT2D eigenvalue weighted by atomic mass is 10.5. The summed E-state index contributed by atoms with van der Waals surface area (Å²) in [5.41, 5.74) is 5.31. The van der Waals surface area contributed by atoms with E-state index in [2.05, 4.69) is 6.92 Å². The van der Waals surface area contributed by atoms with Crippen molar-refractivity contribution in [1.82, 2.24) is 0 Å². The van der Waals surface area contributed by atoms with Crippen LogP contribution in [-0.4, -0.2) is 31.3 Å². The number of hydrogen-bond acceptors (Lipinski definition) is 3. The third-order valence-corrected chi connectivity index (χ3v) is 2.10. The molecule has 0 fully saturated rings. The van der Waals surface area contributed by atoms with Crippen molar-refractivity contribution in [3.63, 3.8) is 0 Å². The number of rotatable bonds is 5. The average molecular weight is 149 g/mol. The van der Waals surface area contributed by atoms with Gasteiger partial charge in [-0.15, -0.1) is 0 Å². The summed E-state index contributed by atoms with van der Waals surface area (Å²) in [6, 6.07) is 0. The number of hydrogen-bond donors (Lipinski definition) is 1. The minimum atomic E-state index is 0.582. The van der Waals surface area contributed by atoms with Gasteiger partial charge in [-0.1, -0.05) is 6.92 Å². The summed E-state index contributed by atoms with van der Waals surface area (Å²) < 4.78 is 4.94. The van der Waals surface area contributed by atoms with E-state index >= 15 is 0 Å². The van der Waals surface area contributed by atoms with Crippen LogP contribution in [0, 0.1) is 0 Å². The smallest absolute Gasteiger partial charge is 0.0578 e. The quantitative estimate of drug-likeness (QED) is 0.625. The van der Waals surface area contributed by atoms with Gasteiger partial charge in [-0.25, -0.2) is 0 Å². The first-order valence-corrected chi connectivity index (χ1v) is 4.16. The summed E-state index contributed by atoms with van der Waals surface area (Å²) in [4.78, 5) is 0. The molecule has 1 unspecified atom stereocenters. The summed E-state index contributed by atoms with van der Waals surface area (Å²) >= 11 is 1.85. The fourth-order valence-electron chi connectivity index (χ4n) is 0.552. The highest BCUT2D eigenvalue weighted by Gasteiger charge is 1.98. The molecule has 0 aromatic rings. The first-order chi connectivity index (χ1) is 4.31. The second-order valence-corrected chi connectivity index (χ2v) is 3.47. The molecule has 9 heavy (non-hydrogen) atoms. The molecule has 0 aliphatic heterocycles. The fourth-order valence-corrected chi connectivity index (χ4v) is 1.32. The van der Waals surface area contributed by atoms with E-state index in [9.17, 15) is 0 Å². The molecule has 0 aromatic heterocycles. The second kappa shape index (κ2) is 6.39. The Balaban J connectivity index is 2.95. The summed E-state index contributed by atoms with van der Waals surface area (Å²) in [5, 5.41) is 0.582. The summed E-state index contributed by atoms with van der Waals surface area (Å²) in [6.45, 7) is 3.73. The van der Waals surface area contributed by atoms with Crippen LogP contribution in [0.5, 0.6) is 0 Å². The normalized spacial score (nSPS) is 13.7. The van der Waals surface area contributed by atoms with Crippen LogP contribution in [0.25, 0.3) is 0 Å². The van der Waals surface area contributed by atoms with Crippen LogP contribution >= 0.6 is 11.8 Å². The molecule has 1 atom stereocenters. The summed E-state index contributed by atoms with van der Waals surface area (Å²) in [5.74, 6) is 1.03. The van der Waals surface area contributed by atoms with Gasteiger partial charge in [0.05, 0.1) is 6.61 Å². The van der Waals surface area contributed by atoms with Gasteiger partial charge in [0.2, 0.25) is 0 Å². The Morgan fingerprint density at radius 2 is 2.33 bits per heavy atom. The van der Waals surface area contributed by atoms with E-state index in [-0.39, 0.29) is 0 Å². The Morgan fingerprint density at radius 1 is 1.67 bits per heavy atom. The maximum atomic E-state index is 5.31. The van der Waals surface area contributed by atoms with Gasteiger partial charge in [-0.3, -0.25) is 0 Å². The van der Waals surface area contributed by atoms with E-state index in [0.29, 0.717) is 5.25 Å². The van der Waals surface area contributed by atoms with Crippen LogP contribution in [0.1, 0.15) is 6.92 Å². The lowest BCUT2D eigenvalue weighted by molar-refractivity contribution is 0.203. The molecule has 0 saturated heterocycles. The second-order valence-electron chi connectivity index (χ2n) is 1.93. The molecule has 0 amide bonds. The lowest BCUT2D eigenvalue weighted by Crippen LogP contribution is -2.10. The van der Waals surface area contributed by atoms with E-state index < -0.39 is 0 Å². The van der Waals surface area contributed by atoms with Crippen LogP contribution in [-0.2, 0) is 4.74 Å². The zero-order valence-electron chi connectivity index (χ0n) is 6.09. The van der Waals surface area contributed by atoms with Gasteiger partial charge in [-0.05, 0) is 0 Å². The van der Waals surface area contributed by atoms with Crippen molar-refractivity contribution in [3.05, 3.63) is 0 Å². The molecule has 0 rings (SSSR count). The van der Waals surface area contributed by atoms with Gasteiger partial charge in [-0.2, -0.15) is 11.8 Å². The minimum Gasteiger partial charge on any atom is -0.384 e. The highest BCUT2D eigenvalue weighted by molar-refractivity contribution is 7.99. The Kier molecular flexibility index (Phi) is 6.58. The van der Waals surface area contributed by atoms with E-state index in [1.54, 1.807) is 7.11 Å². The van der Waals surface area contributed by atoms with Crippen molar-refractivity contribution in [3.8, 4) is 0 Å². The molecule has 0 radical (unpaired) electrons. The Morgan fingerprint density at radius 3 is 2.78 bits per heavy atom. The van der Waals surface area contributed by atoms with E-state index in [0.717, 1.165) is 18.9 Å². The zero-order valence-corrected chi connectivity index (χ0v) is 6.91. The molecule has 0 spiro atoms. The average Bonchev–Trinajstić information content (AvgIpc) is 1.85. The summed E-state index contributed by atoms with van der Waals surface area (Å²) in [6.07, 6.45) is 0. The predicted molar refractivity (Wildman–Crippen MR) is 42.9 cm³/mol. The van der Waals surface area contributed by atoms with Crippen molar-refractivity contribution in [2.24, 2.45) is 5.73 Å². The first-order valence-electron chi connectivity index (χ1n) is 3.12. The molecular weight excluding hydrogens is 134 g/mol. The molecule has 3 heteroatoms. The van der Waals surface area contributed by atoms with Crippen molar-refractivity contribution in [1.29, 1.82) is 0 Å². The molecule has 2 nitrogen and oxygen atoms in total. The third kappa shape index (κ3) is 6.15. The third-order valence-electron chi connectivity index (χ3n) is 0.922. The van der Waals surface area contributed by atoms with Crippen molar-refractivity contribution in [2.75, 3.05) is 26.0 Å². The van der Waals surface area contributed by atoms with Gasteiger partial charge < -0.3 is 10.5 Å². The maximum Gasteiger partial charge on any atom is 0.0578 e. The molecule has 56 valence electrons. The molecule has 0 heterocycles. The van der Waals surface area contributed by atoms with E-state index in [1.807, 2.05) is 11.8 Å². The van der Waals surface area contributed by atoms with Crippen molar-refractivity contribution in [2.45, 2.75) is 12.2 Å². The highest BCUT2D eigenvalue weighted by atomic mass is 32.2. The largest absolute Gasteiger partial charge is 0.384 e. The molecule has 2 N–H and O–H groups in total. The molecule has 0 aliphatic rings. The molecule has 0 bridgehead atoms. The highest BCUT2D eigenvalue weighted by Crippen LogP contribution is 2.08. The monoisotopic (exact) mass is 149 g/mol. The summed E-state index contributed by atoms with van der Waals surface area (Å²) in [7, 11) is 1.72. The minimum absolute atomic E-state index is 0.582. The SMILES string of the molecule is COCC(C)SCCN. The van der Waals surface area contributed by atoms with Gasteiger partial charge in [0.25, 0.3) is 0 Å². The van der Waals surface area contributed by atoms with Crippen molar-refractivity contribution < 1.29 is 4.74 Å². The number of methoxy groups -OCH3 is 1. The standard InChI is InChI=1S/C6H15NOS/c1-6(5-8-2)9-4-3-7/h6H,3-5,7H2,1-2H3.